The van der Waals surface area contributed by atoms with Crippen LogP contribution in [0.3, 0.4) is 0 Å². The maximum Gasteiger partial charge on any atom is 0.159 e. The fraction of sp³-hybridized carbons (Fsp3) is 0.158. The lowest BCUT2D eigenvalue weighted by Crippen LogP contribution is -2.08. The van der Waals surface area contributed by atoms with Crippen molar-refractivity contribution in [3.63, 3.8) is 0 Å². The van der Waals surface area contributed by atoms with E-state index in [1.54, 1.807) is 7.11 Å². The molecular formula is C19H20ClN5O. The molecule has 4 N–H and O–H groups in total. The second-order valence-corrected chi connectivity index (χ2v) is 6.17. The molecule has 2 aromatic carbocycles. The fourth-order valence-electron chi connectivity index (χ4n) is 2.50. The second kappa shape index (κ2) is 7.93. The summed E-state index contributed by atoms with van der Waals surface area (Å²) in [5.41, 5.74) is 9.50. The lowest BCUT2D eigenvalue weighted by atomic mass is 10.2. The number of anilines is 4. The highest BCUT2D eigenvalue weighted by molar-refractivity contribution is 6.31. The van der Waals surface area contributed by atoms with Crippen molar-refractivity contribution in [1.29, 1.82) is 0 Å². The first-order valence-electron chi connectivity index (χ1n) is 8.08. The molecule has 134 valence electrons. The maximum absolute atomic E-state index is 6.24. The fourth-order valence-corrected chi connectivity index (χ4v) is 2.71. The number of aryl methyl sites for hydroxylation is 1. The van der Waals surface area contributed by atoms with E-state index < -0.39 is 0 Å². The van der Waals surface area contributed by atoms with Crippen molar-refractivity contribution in [1.82, 2.24) is 9.97 Å². The van der Waals surface area contributed by atoms with Gasteiger partial charge >= 0.3 is 0 Å². The zero-order valence-corrected chi connectivity index (χ0v) is 15.3. The normalized spacial score (nSPS) is 10.4. The molecule has 1 heterocycles. The van der Waals surface area contributed by atoms with Crippen LogP contribution in [-0.4, -0.2) is 17.1 Å². The van der Waals surface area contributed by atoms with Gasteiger partial charge in [-0.25, -0.2) is 9.97 Å². The molecule has 0 unspecified atom stereocenters. The molecule has 1 aromatic heterocycles. The van der Waals surface area contributed by atoms with Crippen LogP contribution in [0.5, 0.6) is 5.75 Å². The Morgan fingerprint density at radius 2 is 1.88 bits per heavy atom. The Morgan fingerprint density at radius 3 is 2.65 bits per heavy atom. The zero-order valence-electron chi connectivity index (χ0n) is 14.6. The molecule has 26 heavy (non-hydrogen) atoms. The summed E-state index contributed by atoms with van der Waals surface area (Å²) in [4.78, 5) is 8.47. The summed E-state index contributed by atoms with van der Waals surface area (Å²) in [6.45, 7) is 2.51. The van der Waals surface area contributed by atoms with Crippen LogP contribution in [-0.2, 0) is 6.54 Å². The van der Waals surface area contributed by atoms with Crippen molar-refractivity contribution in [3.8, 4) is 5.75 Å². The summed E-state index contributed by atoms with van der Waals surface area (Å²) >= 11 is 6.19. The highest BCUT2D eigenvalue weighted by atomic mass is 35.5. The Kier molecular flexibility index (Phi) is 5.43. The van der Waals surface area contributed by atoms with E-state index in [1.807, 2.05) is 49.4 Å². The van der Waals surface area contributed by atoms with E-state index in [-0.39, 0.29) is 0 Å². The Morgan fingerprint density at radius 1 is 1.12 bits per heavy atom. The van der Waals surface area contributed by atoms with E-state index >= 15 is 0 Å². The molecule has 0 atom stereocenters. The summed E-state index contributed by atoms with van der Waals surface area (Å²) in [6.07, 6.45) is 1.45. The van der Waals surface area contributed by atoms with Gasteiger partial charge in [-0.15, -0.1) is 0 Å². The molecule has 0 aliphatic rings. The van der Waals surface area contributed by atoms with Crippen LogP contribution >= 0.6 is 11.6 Å². The first kappa shape index (κ1) is 17.8. The molecule has 3 rings (SSSR count). The summed E-state index contributed by atoms with van der Waals surface area (Å²) < 4.78 is 5.38. The Bertz CT molecular complexity index is 916. The summed E-state index contributed by atoms with van der Waals surface area (Å²) in [7, 11) is 1.62. The lowest BCUT2D eigenvalue weighted by Gasteiger charge is -2.15. The Labute approximate surface area is 157 Å². The van der Waals surface area contributed by atoms with Crippen LogP contribution in [0.25, 0.3) is 0 Å². The number of nitrogens with zero attached hydrogens (tertiary/aromatic N) is 2. The maximum atomic E-state index is 6.24. The van der Waals surface area contributed by atoms with E-state index in [0.29, 0.717) is 34.6 Å². The van der Waals surface area contributed by atoms with E-state index in [0.717, 1.165) is 16.8 Å². The molecule has 0 fully saturated rings. The Balaban J connectivity index is 1.81. The molecule has 3 aromatic rings. The molecular weight excluding hydrogens is 350 g/mol. The van der Waals surface area contributed by atoms with Gasteiger partial charge in [-0.2, -0.15) is 0 Å². The molecule has 0 saturated heterocycles. The molecule has 0 aliphatic heterocycles. The molecule has 0 spiro atoms. The van der Waals surface area contributed by atoms with Crippen LogP contribution < -0.4 is 21.1 Å². The monoisotopic (exact) mass is 369 g/mol. The summed E-state index contributed by atoms with van der Waals surface area (Å²) in [5.74, 6) is 1.75. The average molecular weight is 370 g/mol. The second-order valence-electron chi connectivity index (χ2n) is 5.76. The highest BCUT2D eigenvalue weighted by Gasteiger charge is 2.11. The summed E-state index contributed by atoms with van der Waals surface area (Å²) in [5, 5.41) is 7.11. The van der Waals surface area contributed by atoms with Crippen LogP contribution in [0.1, 0.15) is 11.1 Å². The average Bonchev–Trinajstić information content (AvgIpc) is 2.64. The van der Waals surface area contributed by atoms with Crippen molar-refractivity contribution >= 4 is 34.6 Å². The number of nitrogens with one attached hydrogen (secondary N) is 2. The number of hydrogen-bond acceptors (Lipinski definition) is 6. The van der Waals surface area contributed by atoms with Gasteiger partial charge in [-0.05, 0) is 36.2 Å². The smallest absolute Gasteiger partial charge is 0.159 e. The number of nitrogens with two attached hydrogens (primary N) is 1. The standard InChI is InChI=1S/C19H20ClN5O/c1-12-7-8-16(26-2)15(9-12)25-19-17(21)18(23-11-24-19)22-10-13-5-3-4-6-14(13)20/h3-9,11H,10,21H2,1-2H3,(H2,22,23,24,25). The topological polar surface area (TPSA) is 85.1 Å². The molecule has 0 amide bonds. The van der Waals surface area contributed by atoms with Crippen LogP contribution in [0.15, 0.2) is 48.8 Å². The van der Waals surface area contributed by atoms with Crippen molar-refractivity contribution in [2.45, 2.75) is 13.5 Å². The number of ether oxygens (including phenoxy) is 1. The van der Waals surface area contributed by atoms with E-state index in [1.165, 1.54) is 6.33 Å². The predicted octanol–water partition coefficient (Wildman–Crippen LogP) is 4.38. The largest absolute Gasteiger partial charge is 0.495 e. The van der Waals surface area contributed by atoms with E-state index in [2.05, 4.69) is 20.6 Å². The molecule has 0 saturated carbocycles. The number of nitrogen functional groups attached to an aromatic ring is 1. The van der Waals surface area contributed by atoms with Crippen molar-refractivity contribution in [3.05, 3.63) is 64.9 Å². The van der Waals surface area contributed by atoms with Gasteiger partial charge in [0.1, 0.15) is 17.8 Å². The van der Waals surface area contributed by atoms with Crippen molar-refractivity contribution < 1.29 is 4.74 Å². The van der Waals surface area contributed by atoms with Gasteiger partial charge in [0.2, 0.25) is 0 Å². The first-order valence-corrected chi connectivity index (χ1v) is 8.45. The molecule has 0 aliphatic carbocycles. The van der Waals surface area contributed by atoms with Gasteiger partial charge in [-0.3, -0.25) is 0 Å². The van der Waals surface area contributed by atoms with Crippen LogP contribution in [0.4, 0.5) is 23.0 Å². The number of aromatic nitrogens is 2. The van der Waals surface area contributed by atoms with Crippen molar-refractivity contribution in [2.75, 3.05) is 23.5 Å². The molecule has 6 nitrogen and oxygen atoms in total. The van der Waals surface area contributed by atoms with Gasteiger partial charge in [-0.1, -0.05) is 35.9 Å². The van der Waals surface area contributed by atoms with E-state index in [9.17, 15) is 0 Å². The minimum atomic E-state index is 0.420. The van der Waals surface area contributed by atoms with Gasteiger partial charge < -0.3 is 21.1 Å². The van der Waals surface area contributed by atoms with E-state index in [4.69, 9.17) is 22.1 Å². The third kappa shape index (κ3) is 3.97. The number of rotatable bonds is 6. The SMILES string of the molecule is COc1ccc(C)cc1Nc1ncnc(NCc2ccccc2Cl)c1N. The molecule has 0 radical (unpaired) electrons. The van der Waals surface area contributed by atoms with Crippen molar-refractivity contribution in [2.24, 2.45) is 0 Å². The van der Waals surface area contributed by atoms with Crippen LogP contribution in [0.2, 0.25) is 5.02 Å². The summed E-state index contributed by atoms with van der Waals surface area (Å²) in [6, 6.07) is 13.5. The van der Waals surface area contributed by atoms with Gasteiger partial charge in [0.25, 0.3) is 0 Å². The van der Waals surface area contributed by atoms with Gasteiger partial charge in [0.15, 0.2) is 11.6 Å². The minimum Gasteiger partial charge on any atom is -0.495 e. The first-order chi connectivity index (χ1) is 12.6. The van der Waals surface area contributed by atoms with Gasteiger partial charge in [0, 0.05) is 11.6 Å². The van der Waals surface area contributed by atoms with Gasteiger partial charge in [0.05, 0.1) is 12.8 Å². The number of hydrogen-bond donors (Lipinski definition) is 3. The number of halogens is 1. The van der Waals surface area contributed by atoms with Crippen LogP contribution in [0, 0.1) is 6.92 Å². The Hall–Kier alpha value is -2.99. The third-order valence-corrected chi connectivity index (χ3v) is 4.26. The molecule has 0 bridgehead atoms. The zero-order chi connectivity index (χ0) is 18.5. The molecule has 7 heteroatoms. The number of methoxy groups -OCH3 is 1. The highest BCUT2D eigenvalue weighted by Crippen LogP contribution is 2.32. The minimum absolute atomic E-state index is 0.420. The predicted molar refractivity (Wildman–Crippen MR) is 106 cm³/mol. The number of benzene rings is 2. The third-order valence-electron chi connectivity index (χ3n) is 3.90. The quantitative estimate of drug-likeness (QED) is 0.597. The lowest BCUT2D eigenvalue weighted by molar-refractivity contribution is 0.416.